The van der Waals surface area contributed by atoms with Gasteiger partial charge in [-0.1, -0.05) is 35.9 Å². The summed E-state index contributed by atoms with van der Waals surface area (Å²) in [6.07, 6.45) is 0. The van der Waals surface area contributed by atoms with Gasteiger partial charge in [0.1, 0.15) is 17.1 Å². The molecule has 5 rings (SSSR count). The van der Waals surface area contributed by atoms with Crippen molar-refractivity contribution in [3.8, 4) is 28.2 Å². The van der Waals surface area contributed by atoms with E-state index in [-0.39, 0.29) is 21.8 Å². The van der Waals surface area contributed by atoms with E-state index in [2.05, 4.69) is 0 Å². The number of fused-ring (bicyclic) bond motifs is 4. The minimum absolute atomic E-state index is 0.0248. The molecular weight excluding hydrogens is 404 g/mol. The summed E-state index contributed by atoms with van der Waals surface area (Å²) in [4.78, 5) is 24.1. The maximum Gasteiger partial charge on any atom is 0.336 e. The number of halogens is 1. The first-order chi connectivity index (χ1) is 14.4. The Morgan fingerprint density at radius 1 is 0.900 bits per heavy atom. The lowest BCUT2D eigenvalue weighted by molar-refractivity contribution is 0.0697. The van der Waals surface area contributed by atoms with E-state index in [1.165, 1.54) is 18.2 Å². The number of carbonyl (C=O) groups is 1. The van der Waals surface area contributed by atoms with E-state index < -0.39 is 5.97 Å². The van der Waals surface area contributed by atoms with Crippen LogP contribution in [-0.2, 0) is 0 Å². The molecule has 0 atom stereocenters. The molecule has 1 aliphatic heterocycles. The van der Waals surface area contributed by atoms with Crippen LogP contribution in [0.3, 0.4) is 0 Å². The van der Waals surface area contributed by atoms with Crippen molar-refractivity contribution < 1.29 is 19.4 Å². The maximum atomic E-state index is 12.2. The summed E-state index contributed by atoms with van der Waals surface area (Å²) in [7, 11) is 0. The lowest BCUT2D eigenvalue weighted by atomic mass is 9.90. The van der Waals surface area contributed by atoms with Crippen LogP contribution in [0.4, 0.5) is 0 Å². The molecule has 1 aliphatic carbocycles. The van der Waals surface area contributed by atoms with Crippen molar-refractivity contribution in [3.63, 3.8) is 0 Å². The van der Waals surface area contributed by atoms with Crippen LogP contribution in [-0.4, -0.2) is 16.2 Å². The standard InChI is InChI=1S/C24H13ClO5/c25-19-10-18-21(11-20(19)27)30-23-14-8-6-13(26)9-12(14)5-7-17(23)22(18)15-3-1-2-4-16(15)24(28)29/h1-11,26H,(H,28,29). The molecule has 0 spiro atoms. The van der Waals surface area contributed by atoms with Crippen LogP contribution in [0, 0.1) is 0 Å². The van der Waals surface area contributed by atoms with E-state index in [1.54, 1.807) is 36.4 Å². The Bertz CT molecular complexity index is 1520. The molecule has 0 fully saturated rings. The predicted octanol–water partition coefficient (Wildman–Crippen LogP) is 5.78. The summed E-state index contributed by atoms with van der Waals surface area (Å²) < 4.78 is 6.11. The topological polar surface area (TPSA) is 87.7 Å². The monoisotopic (exact) mass is 416 g/mol. The molecule has 5 nitrogen and oxygen atoms in total. The second kappa shape index (κ2) is 6.61. The number of carboxylic acids is 1. The van der Waals surface area contributed by atoms with E-state index in [4.69, 9.17) is 16.0 Å². The van der Waals surface area contributed by atoms with Crippen molar-refractivity contribution in [3.05, 3.63) is 87.5 Å². The van der Waals surface area contributed by atoms with Gasteiger partial charge in [0.2, 0.25) is 5.43 Å². The molecule has 6 heteroatoms. The summed E-state index contributed by atoms with van der Waals surface area (Å²) in [5.41, 5.74) is 1.86. The molecule has 2 N–H and O–H groups in total. The lowest BCUT2D eigenvalue weighted by Gasteiger charge is -2.18. The van der Waals surface area contributed by atoms with E-state index in [0.29, 0.717) is 33.4 Å². The first kappa shape index (κ1) is 18.2. The number of aromatic carboxylic acids is 1. The van der Waals surface area contributed by atoms with E-state index in [0.717, 1.165) is 10.8 Å². The van der Waals surface area contributed by atoms with Crippen molar-refractivity contribution in [2.75, 3.05) is 0 Å². The van der Waals surface area contributed by atoms with Crippen LogP contribution < -0.4 is 5.43 Å². The number of carboxylic acid groups (broad SMARTS) is 1. The molecule has 0 saturated carbocycles. The van der Waals surface area contributed by atoms with Gasteiger partial charge in [-0.15, -0.1) is 0 Å². The largest absolute Gasteiger partial charge is 0.508 e. The molecular formula is C24H13ClO5. The summed E-state index contributed by atoms with van der Waals surface area (Å²) in [6, 6.07) is 18.0. The van der Waals surface area contributed by atoms with Crippen LogP contribution in [0.1, 0.15) is 10.4 Å². The van der Waals surface area contributed by atoms with E-state index in [9.17, 15) is 19.8 Å². The minimum atomic E-state index is -1.06. The second-order valence-corrected chi connectivity index (χ2v) is 7.36. The van der Waals surface area contributed by atoms with Crippen LogP contribution in [0.25, 0.3) is 44.2 Å². The van der Waals surface area contributed by atoms with Crippen LogP contribution in [0.2, 0.25) is 5.02 Å². The number of hydrogen-bond donors (Lipinski definition) is 2. The Morgan fingerprint density at radius 2 is 1.67 bits per heavy atom. The number of phenols is 1. The number of aromatic hydroxyl groups is 1. The Kier molecular flexibility index (Phi) is 4.01. The fourth-order valence-electron chi connectivity index (χ4n) is 3.84. The average molecular weight is 417 g/mol. The molecule has 3 aromatic rings. The zero-order chi connectivity index (χ0) is 21.0. The smallest absolute Gasteiger partial charge is 0.336 e. The summed E-state index contributed by atoms with van der Waals surface area (Å²) in [5, 5.41) is 21.7. The summed E-state index contributed by atoms with van der Waals surface area (Å²) in [5.74, 6) is -0.648. The third-order valence-corrected chi connectivity index (χ3v) is 5.46. The van der Waals surface area contributed by atoms with Crippen molar-refractivity contribution in [2.24, 2.45) is 0 Å². The molecule has 146 valence electrons. The van der Waals surface area contributed by atoms with Gasteiger partial charge in [-0.05, 0) is 47.3 Å². The molecule has 1 heterocycles. The van der Waals surface area contributed by atoms with Crippen molar-refractivity contribution >= 4 is 39.3 Å². The SMILES string of the molecule is O=C(O)c1ccccc1-c1c2cc(Cl)c(=O)cc-2oc2c1ccc1cc(O)ccc12. The normalized spacial score (nSPS) is 11.4. The summed E-state index contributed by atoms with van der Waals surface area (Å²) >= 11 is 6.11. The molecule has 0 bridgehead atoms. The Hall–Kier alpha value is -3.83. The molecule has 0 unspecified atom stereocenters. The Labute approximate surface area is 174 Å². The van der Waals surface area contributed by atoms with Crippen LogP contribution >= 0.6 is 11.6 Å². The van der Waals surface area contributed by atoms with Crippen LogP contribution in [0.15, 0.2) is 75.9 Å². The highest BCUT2D eigenvalue weighted by atomic mass is 35.5. The highest BCUT2D eigenvalue weighted by molar-refractivity contribution is 6.31. The number of phenolic OH excluding ortho intramolecular Hbond substituents is 1. The zero-order valence-electron chi connectivity index (χ0n) is 15.3. The summed E-state index contributed by atoms with van der Waals surface area (Å²) in [6.45, 7) is 0. The first-order valence-electron chi connectivity index (χ1n) is 9.08. The molecule has 3 aromatic carbocycles. The molecule has 0 amide bonds. The fraction of sp³-hybridized carbons (Fsp3) is 0. The van der Waals surface area contributed by atoms with E-state index >= 15 is 0 Å². The number of benzene rings is 4. The van der Waals surface area contributed by atoms with Gasteiger partial charge < -0.3 is 14.6 Å². The van der Waals surface area contributed by atoms with Gasteiger partial charge in [0.05, 0.1) is 10.6 Å². The number of hydrogen-bond acceptors (Lipinski definition) is 4. The van der Waals surface area contributed by atoms with Gasteiger partial charge in [0, 0.05) is 28.0 Å². The Balaban J connectivity index is 2.04. The third-order valence-electron chi connectivity index (χ3n) is 5.17. The highest BCUT2D eigenvalue weighted by Crippen LogP contribution is 2.44. The number of rotatable bonds is 2. The molecule has 30 heavy (non-hydrogen) atoms. The van der Waals surface area contributed by atoms with Crippen LogP contribution in [0.5, 0.6) is 5.75 Å². The maximum absolute atomic E-state index is 12.2. The van der Waals surface area contributed by atoms with Gasteiger partial charge >= 0.3 is 5.97 Å². The van der Waals surface area contributed by atoms with E-state index in [1.807, 2.05) is 12.1 Å². The predicted molar refractivity (Wildman–Crippen MR) is 116 cm³/mol. The molecule has 0 saturated heterocycles. The lowest BCUT2D eigenvalue weighted by Crippen LogP contribution is -2.04. The van der Waals surface area contributed by atoms with Gasteiger partial charge in [0.15, 0.2) is 0 Å². The van der Waals surface area contributed by atoms with Crippen molar-refractivity contribution in [2.45, 2.75) is 0 Å². The Morgan fingerprint density at radius 3 is 2.47 bits per heavy atom. The quantitative estimate of drug-likeness (QED) is 0.281. The molecule has 0 radical (unpaired) electrons. The van der Waals surface area contributed by atoms with Gasteiger partial charge in [-0.3, -0.25) is 4.79 Å². The van der Waals surface area contributed by atoms with Gasteiger partial charge in [-0.25, -0.2) is 4.79 Å². The van der Waals surface area contributed by atoms with Crippen molar-refractivity contribution in [1.82, 2.24) is 0 Å². The second-order valence-electron chi connectivity index (χ2n) is 6.95. The van der Waals surface area contributed by atoms with Crippen molar-refractivity contribution in [1.29, 1.82) is 0 Å². The first-order valence-corrected chi connectivity index (χ1v) is 9.46. The third kappa shape index (κ3) is 2.71. The van der Waals surface area contributed by atoms with Gasteiger partial charge in [-0.2, -0.15) is 0 Å². The minimum Gasteiger partial charge on any atom is -0.508 e. The average Bonchev–Trinajstić information content (AvgIpc) is 2.73. The zero-order valence-corrected chi connectivity index (χ0v) is 16.1. The molecule has 2 aliphatic rings. The molecule has 0 aromatic heterocycles. The van der Waals surface area contributed by atoms with Gasteiger partial charge in [0.25, 0.3) is 0 Å². The fourth-order valence-corrected chi connectivity index (χ4v) is 4.01. The highest BCUT2D eigenvalue weighted by Gasteiger charge is 2.23.